The molecule has 9 nitrogen and oxygen atoms in total. The second kappa shape index (κ2) is 8.48. The molecule has 1 aliphatic heterocycles. The fourth-order valence-corrected chi connectivity index (χ4v) is 9.12. The number of ether oxygens (including phenoxy) is 2. The van der Waals surface area contributed by atoms with E-state index in [0.717, 1.165) is 24.8 Å². The number of carbonyl (C=O) groups excluding carboxylic acids is 1. The highest BCUT2D eigenvalue weighted by molar-refractivity contribution is 5.77. The molecule has 1 unspecified atom stereocenters. The number of aliphatic hydroxyl groups is 6. The molecule has 0 amide bonds. The van der Waals surface area contributed by atoms with Crippen LogP contribution in [0.15, 0.2) is 12.2 Å². The van der Waals surface area contributed by atoms with Gasteiger partial charge in [0.05, 0.1) is 24.2 Å². The molecule has 0 aromatic rings. The maximum atomic E-state index is 13.7. The second-order valence-corrected chi connectivity index (χ2v) is 12.4. The third kappa shape index (κ3) is 3.42. The minimum atomic E-state index is -1.65. The molecule has 198 valence electrons. The fraction of sp³-hybridized carbons (Fsp3) is 0.885. The summed E-state index contributed by atoms with van der Waals surface area (Å²) in [7, 11) is 0. The first-order valence-corrected chi connectivity index (χ1v) is 13.0. The summed E-state index contributed by atoms with van der Waals surface area (Å²) < 4.78 is 11.1. The predicted octanol–water partition coefficient (Wildman–Crippen LogP) is 0.240. The zero-order chi connectivity index (χ0) is 25.5. The molecule has 0 aromatic heterocycles. The van der Waals surface area contributed by atoms with Crippen LogP contribution in [-0.2, 0) is 14.3 Å². The zero-order valence-electron chi connectivity index (χ0n) is 20.5. The van der Waals surface area contributed by atoms with Crippen LogP contribution in [0.2, 0.25) is 0 Å². The van der Waals surface area contributed by atoms with E-state index >= 15 is 0 Å². The summed E-state index contributed by atoms with van der Waals surface area (Å²) in [5.74, 6) is -0.723. The predicted molar refractivity (Wildman–Crippen MR) is 122 cm³/mol. The molecule has 1 saturated heterocycles. The van der Waals surface area contributed by atoms with E-state index in [1.807, 2.05) is 6.92 Å². The van der Waals surface area contributed by atoms with Gasteiger partial charge in [0, 0.05) is 5.41 Å². The molecule has 5 fully saturated rings. The van der Waals surface area contributed by atoms with Gasteiger partial charge >= 0.3 is 5.97 Å². The highest BCUT2D eigenvalue weighted by Crippen LogP contribution is 2.72. The third-order valence-corrected chi connectivity index (χ3v) is 10.7. The molecule has 9 heteroatoms. The highest BCUT2D eigenvalue weighted by atomic mass is 16.7. The summed E-state index contributed by atoms with van der Waals surface area (Å²) in [6, 6.07) is 0. The topological polar surface area (TPSA) is 157 Å². The Kier molecular flexibility index (Phi) is 6.19. The molecule has 1 spiro atoms. The molecular weight excluding hydrogens is 456 g/mol. The van der Waals surface area contributed by atoms with Crippen LogP contribution in [0, 0.1) is 34.0 Å². The van der Waals surface area contributed by atoms with E-state index in [-0.39, 0.29) is 17.8 Å². The van der Waals surface area contributed by atoms with Gasteiger partial charge in [-0.05, 0) is 74.2 Å². The maximum Gasteiger partial charge on any atom is 0.314 e. The van der Waals surface area contributed by atoms with Crippen molar-refractivity contribution in [2.75, 3.05) is 6.61 Å². The van der Waals surface area contributed by atoms with Crippen molar-refractivity contribution in [2.45, 2.75) is 102 Å². The first kappa shape index (κ1) is 25.6. The molecule has 4 saturated carbocycles. The molecule has 13 atom stereocenters. The van der Waals surface area contributed by atoms with Crippen LogP contribution in [0.1, 0.15) is 58.8 Å². The summed E-state index contributed by atoms with van der Waals surface area (Å²) in [5, 5.41) is 62.6. The van der Waals surface area contributed by atoms with Gasteiger partial charge in [-0.25, -0.2) is 0 Å². The fourth-order valence-electron chi connectivity index (χ4n) is 9.12. The van der Waals surface area contributed by atoms with Crippen molar-refractivity contribution < 1.29 is 44.9 Å². The van der Waals surface area contributed by atoms with Gasteiger partial charge in [0.1, 0.15) is 24.4 Å². The number of esters is 1. The first-order chi connectivity index (χ1) is 16.4. The number of hydrogen-bond acceptors (Lipinski definition) is 9. The zero-order valence-corrected chi connectivity index (χ0v) is 20.5. The molecule has 5 rings (SSSR count). The van der Waals surface area contributed by atoms with E-state index in [1.54, 1.807) is 0 Å². The average Bonchev–Trinajstić information content (AvgIpc) is 2.99. The number of rotatable bonds is 3. The van der Waals surface area contributed by atoms with E-state index in [9.17, 15) is 35.4 Å². The number of fused-ring (bicyclic) bond motifs is 3. The molecule has 2 bridgehead atoms. The van der Waals surface area contributed by atoms with Crippen molar-refractivity contribution >= 4 is 5.97 Å². The van der Waals surface area contributed by atoms with Crippen molar-refractivity contribution in [3.63, 3.8) is 0 Å². The molecule has 6 N–H and O–H groups in total. The third-order valence-electron chi connectivity index (χ3n) is 10.7. The Bertz CT molecular complexity index is 877. The normalized spacial score (nSPS) is 55.7. The lowest BCUT2D eigenvalue weighted by atomic mass is 9.40. The van der Waals surface area contributed by atoms with E-state index in [2.05, 4.69) is 13.5 Å². The molecule has 4 aliphatic carbocycles. The maximum absolute atomic E-state index is 13.7. The van der Waals surface area contributed by atoms with Gasteiger partial charge in [-0.1, -0.05) is 19.9 Å². The number of hydrogen-bond donors (Lipinski definition) is 6. The molecular formula is C26H40O9. The SMILES string of the molecule is C=C1C2C[C@H](O)[C@H]3[C@]4(C)CCC[C@@](C)(C(=O)O[C@@H]5O[C@H](CO)[C@@H](O)[C@H](O)[C@H]5O)[C@H]4CC[C@]3(C2)[C@@H]1O. The first-order valence-electron chi connectivity index (χ1n) is 13.0. The molecule has 0 aromatic carbocycles. The van der Waals surface area contributed by atoms with E-state index in [4.69, 9.17) is 9.47 Å². The van der Waals surface area contributed by atoms with Crippen molar-refractivity contribution in [2.24, 2.45) is 34.0 Å². The number of aliphatic hydroxyl groups excluding tert-OH is 6. The van der Waals surface area contributed by atoms with Crippen LogP contribution in [0.3, 0.4) is 0 Å². The Labute approximate surface area is 205 Å². The standard InChI is InChI=1S/C26H40O9/c1-12-13-9-14(28)20-24(2)6-4-7-25(3,16(24)5-8-26(20,10-13)21(12)32)23(33)35-22-19(31)18(30)17(29)15(11-27)34-22/h13-22,27-32H,1,4-11H2,2-3H3/t13?,14-,15+,16-,17+,18-,19+,20-,21+,22-,24+,25+,26+/m0/s1. The Hall–Kier alpha value is -1.07. The summed E-state index contributed by atoms with van der Waals surface area (Å²) in [5.41, 5.74) is -0.932. The van der Waals surface area contributed by atoms with Gasteiger partial charge < -0.3 is 40.1 Å². The van der Waals surface area contributed by atoms with Gasteiger partial charge in [0.15, 0.2) is 0 Å². The van der Waals surface area contributed by atoms with Crippen molar-refractivity contribution in [3.8, 4) is 0 Å². The summed E-state index contributed by atoms with van der Waals surface area (Å²) in [4.78, 5) is 13.7. The molecule has 35 heavy (non-hydrogen) atoms. The quantitative estimate of drug-likeness (QED) is 0.238. The lowest BCUT2D eigenvalue weighted by molar-refractivity contribution is -0.298. The van der Waals surface area contributed by atoms with Crippen LogP contribution in [0.25, 0.3) is 0 Å². The highest BCUT2D eigenvalue weighted by Gasteiger charge is 2.70. The van der Waals surface area contributed by atoms with E-state index < -0.39 is 71.7 Å². The minimum absolute atomic E-state index is 0.121. The summed E-state index contributed by atoms with van der Waals surface area (Å²) >= 11 is 0. The number of carbonyl (C=O) groups is 1. The van der Waals surface area contributed by atoms with Crippen molar-refractivity contribution in [1.82, 2.24) is 0 Å². The summed E-state index contributed by atoms with van der Waals surface area (Å²) in [6.45, 7) is 7.55. The van der Waals surface area contributed by atoms with Gasteiger partial charge in [-0.2, -0.15) is 0 Å². The van der Waals surface area contributed by atoms with Crippen molar-refractivity contribution in [1.29, 1.82) is 0 Å². The second-order valence-electron chi connectivity index (χ2n) is 12.4. The smallest absolute Gasteiger partial charge is 0.314 e. The minimum Gasteiger partial charge on any atom is -0.432 e. The molecule has 0 radical (unpaired) electrons. The van der Waals surface area contributed by atoms with Crippen LogP contribution in [0.5, 0.6) is 0 Å². The van der Waals surface area contributed by atoms with Gasteiger partial charge in [0.25, 0.3) is 0 Å². The van der Waals surface area contributed by atoms with Gasteiger partial charge in [-0.3, -0.25) is 4.79 Å². The van der Waals surface area contributed by atoms with Crippen LogP contribution in [-0.4, -0.2) is 86.1 Å². The van der Waals surface area contributed by atoms with Crippen LogP contribution in [0.4, 0.5) is 0 Å². The van der Waals surface area contributed by atoms with Gasteiger partial charge in [0.2, 0.25) is 6.29 Å². The monoisotopic (exact) mass is 496 g/mol. The average molecular weight is 497 g/mol. The van der Waals surface area contributed by atoms with Gasteiger partial charge in [-0.15, -0.1) is 0 Å². The Morgan fingerprint density at radius 3 is 2.49 bits per heavy atom. The lowest BCUT2D eigenvalue weighted by Crippen LogP contribution is -2.64. The summed E-state index contributed by atoms with van der Waals surface area (Å²) in [6.07, 6.45) is -3.80. The van der Waals surface area contributed by atoms with E-state index in [0.29, 0.717) is 25.7 Å². The molecule has 1 heterocycles. The molecule has 5 aliphatic rings. The Balaban J connectivity index is 1.42. The van der Waals surface area contributed by atoms with Crippen LogP contribution >= 0.6 is 0 Å². The largest absolute Gasteiger partial charge is 0.432 e. The van der Waals surface area contributed by atoms with E-state index in [1.165, 1.54) is 0 Å². The Morgan fingerprint density at radius 1 is 1.09 bits per heavy atom. The van der Waals surface area contributed by atoms with Crippen LogP contribution < -0.4 is 0 Å². The Morgan fingerprint density at radius 2 is 1.80 bits per heavy atom. The van der Waals surface area contributed by atoms with Crippen molar-refractivity contribution in [3.05, 3.63) is 12.2 Å². The lowest BCUT2D eigenvalue weighted by Gasteiger charge is -2.64.